The predicted molar refractivity (Wildman–Crippen MR) is 61.8 cm³/mol. The van der Waals surface area contributed by atoms with Crippen molar-refractivity contribution in [1.82, 2.24) is 0 Å². The predicted octanol–water partition coefficient (Wildman–Crippen LogP) is -4.50. The van der Waals surface area contributed by atoms with Crippen molar-refractivity contribution in [3.63, 3.8) is 0 Å². The summed E-state index contributed by atoms with van der Waals surface area (Å²) in [5.41, 5.74) is 1.35. The normalized spacial score (nSPS) is 11.6. The first-order valence-corrected chi connectivity index (χ1v) is 5.42. The van der Waals surface area contributed by atoms with E-state index in [1.165, 1.54) is 10.5 Å². The lowest BCUT2D eigenvalue weighted by atomic mass is 10.1. The quantitative estimate of drug-likeness (QED) is 0.230. The molecule has 0 heterocycles. The molecule has 1 unspecified atom stereocenters. The molecule has 0 aliphatic rings. The molecule has 16 heavy (non-hydrogen) atoms. The molecule has 1 rings (SSSR count). The van der Waals surface area contributed by atoms with Gasteiger partial charge in [-0.05, 0) is 18.1 Å². The number of alkyl halides is 1. The van der Waals surface area contributed by atoms with Crippen molar-refractivity contribution in [2.24, 2.45) is 0 Å². The Balaban J connectivity index is 0. The van der Waals surface area contributed by atoms with Crippen LogP contribution in [0.5, 0.6) is 0 Å². The second-order valence-corrected chi connectivity index (χ2v) is 3.72. The highest BCUT2D eigenvalue weighted by atomic mass is 127. The second kappa shape index (κ2) is 11.7. The van der Waals surface area contributed by atoms with Crippen molar-refractivity contribution in [2.45, 2.75) is 6.42 Å². The lowest BCUT2D eigenvalue weighted by Gasteiger charge is -2.05. The number of nitrogens with one attached hydrogen (secondary N) is 1. The summed E-state index contributed by atoms with van der Waals surface area (Å²) < 4.78 is 0. The van der Waals surface area contributed by atoms with E-state index in [1.54, 1.807) is 0 Å². The molecule has 0 aliphatic carbocycles. The van der Waals surface area contributed by atoms with Crippen LogP contribution >= 0.6 is 11.6 Å². The van der Waals surface area contributed by atoms with Gasteiger partial charge < -0.3 is 41.3 Å². The molecule has 0 amide bonds. The van der Waals surface area contributed by atoms with E-state index in [-0.39, 0.29) is 36.4 Å². The summed E-state index contributed by atoms with van der Waals surface area (Å²) in [5, 5.41) is 0. The molecule has 0 saturated carbocycles. The van der Waals surface area contributed by atoms with Gasteiger partial charge in [-0.3, -0.25) is 0 Å². The molecular weight excluding hydrogens is 356 g/mol. The third-order valence-corrected chi connectivity index (χ3v) is 2.51. The molecule has 0 aromatic heterocycles. The standard InChI is InChI=1S/C12H16ClN.ClH.HI/c1-14(11-13)10-6-5-9-12-7-3-2-4-8-12;;/h2-8H,9-11H2,1H3;2*1H/p-1. The lowest BCUT2D eigenvalue weighted by molar-refractivity contribution is -0.861. The Hall–Kier alpha value is 0.230. The van der Waals surface area contributed by atoms with E-state index < -0.39 is 0 Å². The molecule has 0 spiro atoms. The number of hydrogen-bond donors (Lipinski definition) is 1. The van der Waals surface area contributed by atoms with Crippen molar-refractivity contribution >= 4 is 11.6 Å². The smallest absolute Gasteiger partial charge is 0.153 e. The maximum absolute atomic E-state index is 5.68. The summed E-state index contributed by atoms with van der Waals surface area (Å²) in [4.78, 5) is 1.32. The Morgan fingerprint density at radius 1 is 1.19 bits per heavy atom. The first kappa shape index (κ1) is 18.6. The number of rotatable bonds is 5. The zero-order chi connectivity index (χ0) is 10.2. The van der Waals surface area contributed by atoms with Crippen LogP contribution in [0.15, 0.2) is 42.5 Å². The van der Waals surface area contributed by atoms with Gasteiger partial charge in [-0.2, -0.15) is 0 Å². The van der Waals surface area contributed by atoms with E-state index in [0.29, 0.717) is 6.00 Å². The van der Waals surface area contributed by atoms with Gasteiger partial charge in [-0.1, -0.05) is 48.0 Å². The van der Waals surface area contributed by atoms with Gasteiger partial charge in [0, 0.05) is 0 Å². The monoisotopic (exact) mass is 372 g/mol. The van der Waals surface area contributed by atoms with Crippen molar-refractivity contribution < 1.29 is 41.3 Å². The summed E-state index contributed by atoms with van der Waals surface area (Å²) in [6, 6.07) is 11.1. The van der Waals surface area contributed by atoms with Gasteiger partial charge >= 0.3 is 0 Å². The number of quaternary nitrogens is 1. The Bertz CT molecular complexity index is 278. The van der Waals surface area contributed by atoms with Crippen molar-refractivity contribution in [3.8, 4) is 0 Å². The number of allylic oxidation sites excluding steroid dienone is 1. The van der Waals surface area contributed by atoms with Crippen LogP contribution in [0.2, 0.25) is 0 Å². The van der Waals surface area contributed by atoms with Crippen LogP contribution < -0.4 is 41.3 Å². The van der Waals surface area contributed by atoms with Gasteiger partial charge in [0.05, 0.1) is 13.6 Å². The molecule has 1 nitrogen and oxygen atoms in total. The Morgan fingerprint density at radius 2 is 1.81 bits per heavy atom. The highest BCUT2D eigenvalue weighted by molar-refractivity contribution is 6.16. The third kappa shape index (κ3) is 8.39. The Kier molecular flexibility index (Phi) is 13.6. The van der Waals surface area contributed by atoms with E-state index in [1.807, 2.05) is 6.07 Å². The molecule has 1 N–H and O–H groups in total. The van der Waals surface area contributed by atoms with Gasteiger partial charge in [0.1, 0.15) is 0 Å². The van der Waals surface area contributed by atoms with Gasteiger partial charge in [0.2, 0.25) is 0 Å². The largest absolute Gasteiger partial charge is 1.00 e. The van der Waals surface area contributed by atoms with Crippen LogP contribution in [0.1, 0.15) is 5.56 Å². The molecule has 1 atom stereocenters. The SMILES string of the molecule is C[NH+](CCl)CC=CCc1ccccc1.[Cl-].[I-]. The van der Waals surface area contributed by atoms with Crippen LogP contribution in [0.25, 0.3) is 0 Å². The van der Waals surface area contributed by atoms with Crippen LogP contribution in [0.3, 0.4) is 0 Å². The van der Waals surface area contributed by atoms with Crippen molar-refractivity contribution in [2.75, 3.05) is 19.6 Å². The third-order valence-electron chi connectivity index (χ3n) is 2.06. The Morgan fingerprint density at radius 3 is 2.38 bits per heavy atom. The molecule has 92 valence electrons. The van der Waals surface area contributed by atoms with Crippen LogP contribution in [0, 0.1) is 0 Å². The van der Waals surface area contributed by atoms with Gasteiger partial charge in [-0.25, -0.2) is 0 Å². The molecule has 0 aliphatic heterocycles. The molecule has 0 radical (unpaired) electrons. The molecule has 0 fully saturated rings. The lowest BCUT2D eigenvalue weighted by Crippen LogP contribution is -3.07. The summed E-state index contributed by atoms with van der Waals surface area (Å²) in [6.07, 6.45) is 5.40. The summed E-state index contributed by atoms with van der Waals surface area (Å²) in [6.45, 7) is 0.996. The summed E-state index contributed by atoms with van der Waals surface area (Å²) >= 11 is 5.68. The molecule has 4 heteroatoms. The van der Waals surface area contributed by atoms with E-state index in [2.05, 4.69) is 43.5 Å². The first-order valence-electron chi connectivity index (χ1n) is 4.89. The maximum Gasteiger partial charge on any atom is 0.153 e. The van der Waals surface area contributed by atoms with Gasteiger partial charge in [0.15, 0.2) is 6.00 Å². The van der Waals surface area contributed by atoms with Crippen LogP contribution in [-0.4, -0.2) is 19.6 Å². The fourth-order valence-corrected chi connectivity index (χ4v) is 1.28. The fourth-order valence-electron chi connectivity index (χ4n) is 1.17. The minimum absolute atomic E-state index is 0. The number of hydrogen-bond acceptors (Lipinski definition) is 0. The first-order chi connectivity index (χ1) is 6.83. The summed E-state index contributed by atoms with van der Waals surface area (Å²) in [5.74, 6) is 0. The van der Waals surface area contributed by atoms with Crippen LogP contribution in [-0.2, 0) is 6.42 Å². The highest BCUT2D eigenvalue weighted by Crippen LogP contribution is 1.99. The molecule has 1 aromatic carbocycles. The second-order valence-electron chi connectivity index (χ2n) is 3.46. The van der Waals surface area contributed by atoms with Crippen molar-refractivity contribution in [1.29, 1.82) is 0 Å². The minimum atomic E-state index is 0. The zero-order valence-corrected chi connectivity index (χ0v) is 13.0. The topological polar surface area (TPSA) is 4.44 Å². The van der Waals surface area contributed by atoms with Crippen LogP contribution in [0.4, 0.5) is 0 Å². The molecule has 1 aromatic rings. The van der Waals surface area contributed by atoms with E-state index in [9.17, 15) is 0 Å². The maximum atomic E-state index is 5.68. The van der Waals surface area contributed by atoms with Crippen molar-refractivity contribution in [3.05, 3.63) is 48.0 Å². The number of benzene rings is 1. The minimum Gasteiger partial charge on any atom is -1.00 e. The molecular formula is C12H17Cl2IN-. The van der Waals surface area contributed by atoms with Gasteiger partial charge in [-0.15, -0.1) is 0 Å². The number of likely N-dealkylation sites (N-methyl/N-ethyl adjacent to an activating group) is 1. The molecule has 0 saturated heterocycles. The Labute approximate surface area is 126 Å². The zero-order valence-electron chi connectivity index (χ0n) is 9.30. The fraction of sp³-hybridized carbons (Fsp3) is 0.333. The summed E-state index contributed by atoms with van der Waals surface area (Å²) in [7, 11) is 2.08. The average Bonchev–Trinajstić information content (AvgIpc) is 2.25. The van der Waals surface area contributed by atoms with E-state index >= 15 is 0 Å². The van der Waals surface area contributed by atoms with E-state index in [0.717, 1.165) is 13.0 Å². The molecule has 0 bridgehead atoms. The number of halogens is 3. The van der Waals surface area contributed by atoms with E-state index in [4.69, 9.17) is 11.6 Å². The average molecular weight is 373 g/mol. The highest BCUT2D eigenvalue weighted by Gasteiger charge is 1.92. The van der Waals surface area contributed by atoms with Gasteiger partial charge in [0.25, 0.3) is 0 Å².